The molecule has 1 N–H and O–H groups in total. The van der Waals surface area contributed by atoms with Crippen LogP contribution in [-0.2, 0) is 4.79 Å². The molecule has 7 nitrogen and oxygen atoms in total. The summed E-state index contributed by atoms with van der Waals surface area (Å²) in [6, 6.07) is -0.0586. The van der Waals surface area contributed by atoms with E-state index in [1.165, 1.54) is 11.3 Å². The van der Waals surface area contributed by atoms with Crippen LogP contribution in [-0.4, -0.2) is 88.0 Å². The lowest BCUT2D eigenvalue weighted by Crippen LogP contribution is -2.54. The molecule has 2 atom stereocenters. The molecule has 0 bridgehead atoms. The second-order valence-corrected chi connectivity index (χ2v) is 6.48. The first-order chi connectivity index (χ1) is 10.6. The Hall–Kier alpha value is -1.51. The Morgan fingerprint density at radius 2 is 1.95 bits per heavy atom. The third kappa shape index (κ3) is 2.99. The standard InChI is InChI=1S/C14H20N4O3S/c1-10(19)16-2-4-17(5-3-16)12-6-18(7-13(12)20)14(21)11-8-22-9-15-11/h8-9,12-13,20H,2-7H2,1H3/t12-,13-/m1/s1. The second-order valence-electron chi connectivity index (χ2n) is 5.76. The molecule has 2 fully saturated rings. The van der Waals surface area contributed by atoms with E-state index in [0.29, 0.717) is 31.9 Å². The smallest absolute Gasteiger partial charge is 0.273 e. The fraction of sp³-hybridized carbons (Fsp3) is 0.643. The first kappa shape index (κ1) is 15.4. The summed E-state index contributed by atoms with van der Waals surface area (Å²) in [6.45, 7) is 5.26. The van der Waals surface area contributed by atoms with Crippen molar-refractivity contribution in [3.63, 3.8) is 0 Å². The van der Waals surface area contributed by atoms with E-state index in [2.05, 4.69) is 9.88 Å². The molecule has 3 heterocycles. The van der Waals surface area contributed by atoms with Gasteiger partial charge in [0.05, 0.1) is 17.7 Å². The van der Waals surface area contributed by atoms with E-state index in [1.54, 1.807) is 22.7 Å². The fourth-order valence-electron chi connectivity index (χ4n) is 3.14. The fourth-order valence-corrected chi connectivity index (χ4v) is 3.67. The number of aromatic nitrogens is 1. The number of carbonyl (C=O) groups is 2. The van der Waals surface area contributed by atoms with Crippen LogP contribution in [0.1, 0.15) is 17.4 Å². The zero-order chi connectivity index (χ0) is 15.7. The van der Waals surface area contributed by atoms with Crippen LogP contribution in [0.15, 0.2) is 10.9 Å². The highest BCUT2D eigenvalue weighted by molar-refractivity contribution is 7.07. The summed E-state index contributed by atoms with van der Waals surface area (Å²) >= 11 is 1.39. The number of nitrogens with zero attached hydrogens (tertiary/aromatic N) is 4. The molecule has 2 saturated heterocycles. The maximum Gasteiger partial charge on any atom is 0.273 e. The molecule has 0 saturated carbocycles. The lowest BCUT2D eigenvalue weighted by molar-refractivity contribution is -0.131. The summed E-state index contributed by atoms with van der Waals surface area (Å²) in [5.41, 5.74) is 2.08. The van der Waals surface area contributed by atoms with E-state index in [0.717, 1.165) is 13.1 Å². The van der Waals surface area contributed by atoms with Gasteiger partial charge in [0.25, 0.3) is 5.91 Å². The molecule has 0 radical (unpaired) electrons. The van der Waals surface area contributed by atoms with Gasteiger partial charge in [-0.25, -0.2) is 4.98 Å². The van der Waals surface area contributed by atoms with E-state index in [1.807, 2.05) is 4.90 Å². The molecule has 1 aromatic rings. The quantitative estimate of drug-likeness (QED) is 0.793. The molecule has 0 spiro atoms. The average molecular weight is 324 g/mol. The van der Waals surface area contributed by atoms with Crippen LogP contribution in [0.25, 0.3) is 0 Å². The number of amides is 2. The van der Waals surface area contributed by atoms with Gasteiger partial charge in [-0.1, -0.05) is 0 Å². The molecule has 22 heavy (non-hydrogen) atoms. The van der Waals surface area contributed by atoms with Gasteiger partial charge in [0.1, 0.15) is 5.69 Å². The average Bonchev–Trinajstić information content (AvgIpc) is 3.16. The highest BCUT2D eigenvalue weighted by atomic mass is 32.1. The van der Waals surface area contributed by atoms with Crippen LogP contribution in [0.3, 0.4) is 0 Å². The Bertz CT molecular complexity index is 542. The molecule has 0 aromatic carbocycles. The number of hydrogen-bond acceptors (Lipinski definition) is 6. The Morgan fingerprint density at radius 3 is 2.55 bits per heavy atom. The summed E-state index contributed by atoms with van der Waals surface area (Å²) < 4.78 is 0. The topological polar surface area (TPSA) is 77.0 Å². The summed E-state index contributed by atoms with van der Waals surface area (Å²) in [5.74, 6) is -0.0304. The molecular formula is C14H20N4O3S. The number of β-amino-alcohol motifs (C(OH)–C–C–N with tert-alkyl or cyclic N) is 1. The number of hydrogen-bond donors (Lipinski definition) is 1. The minimum absolute atomic E-state index is 0.0586. The van der Waals surface area contributed by atoms with Gasteiger partial charge in [-0.2, -0.15) is 0 Å². The van der Waals surface area contributed by atoms with Crippen molar-refractivity contribution in [1.29, 1.82) is 0 Å². The maximum absolute atomic E-state index is 12.3. The Labute approximate surface area is 133 Å². The van der Waals surface area contributed by atoms with Crippen molar-refractivity contribution < 1.29 is 14.7 Å². The zero-order valence-corrected chi connectivity index (χ0v) is 13.3. The van der Waals surface area contributed by atoms with Crippen molar-refractivity contribution in [1.82, 2.24) is 19.7 Å². The van der Waals surface area contributed by atoms with Crippen LogP contribution < -0.4 is 0 Å². The molecule has 0 unspecified atom stereocenters. The zero-order valence-electron chi connectivity index (χ0n) is 12.5. The maximum atomic E-state index is 12.3. The van der Waals surface area contributed by atoms with E-state index in [-0.39, 0.29) is 17.9 Å². The van der Waals surface area contributed by atoms with Gasteiger partial charge in [-0.05, 0) is 0 Å². The van der Waals surface area contributed by atoms with Crippen molar-refractivity contribution in [2.75, 3.05) is 39.3 Å². The van der Waals surface area contributed by atoms with Gasteiger partial charge in [0.2, 0.25) is 5.91 Å². The number of thiazole rings is 1. The van der Waals surface area contributed by atoms with Crippen molar-refractivity contribution in [2.24, 2.45) is 0 Å². The lowest BCUT2D eigenvalue weighted by atomic mass is 10.1. The first-order valence-corrected chi connectivity index (χ1v) is 8.35. The minimum atomic E-state index is -0.550. The van der Waals surface area contributed by atoms with Gasteiger partial charge in [0, 0.05) is 51.6 Å². The number of piperazine rings is 1. The molecule has 1 aromatic heterocycles. The van der Waals surface area contributed by atoms with Crippen molar-refractivity contribution >= 4 is 23.2 Å². The molecule has 120 valence electrons. The van der Waals surface area contributed by atoms with Crippen molar-refractivity contribution in [2.45, 2.75) is 19.1 Å². The van der Waals surface area contributed by atoms with Crippen LogP contribution in [0, 0.1) is 0 Å². The lowest BCUT2D eigenvalue weighted by Gasteiger charge is -2.38. The second kappa shape index (κ2) is 6.31. The van der Waals surface area contributed by atoms with Crippen LogP contribution >= 0.6 is 11.3 Å². The van der Waals surface area contributed by atoms with Gasteiger partial charge >= 0.3 is 0 Å². The number of aliphatic hydroxyl groups excluding tert-OH is 1. The SMILES string of the molecule is CC(=O)N1CCN([C@@H]2CN(C(=O)c3cscn3)C[C@H]2O)CC1. The molecule has 8 heteroatoms. The highest BCUT2D eigenvalue weighted by Gasteiger charge is 2.39. The molecule has 2 amide bonds. The minimum Gasteiger partial charge on any atom is -0.390 e. The van der Waals surface area contributed by atoms with Gasteiger partial charge < -0.3 is 14.9 Å². The van der Waals surface area contributed by atoms with Crippen LogP contribution in [0.2, 0.25) is 0 Å². The Balaban J connectivity index is 1.60. The summed E-state index contributed by atoms with van der Waals surface area (Å²) in [6.07, 6.45) is -0.550. The van der Waals surface area contributed by atoms with Gasteiger partial charge in [-0.3, -0.25) is 14.5 Å². The van der Waals surface area contributed by atoms with Crippen LogP contribution in [0.5, 0.6) is 0 Å². The number of aliphatic hydroxyl groups is 1. The Kier molecular flexibility index (Phi) is 4.42. The Morgan fingerprint density at radius 1 is 1.23 bits per heavy atom. The molecule has 0 aliphatic carbocycles. The third-order valence-corrected chi connectivity index (χ3v) is 5.01. The van der Waals surface area contributed by atoms with E-state index >= 15 is 0 Å². The predicted octanol–water partition coefficient (Wildman–Crippen LogP) is -0.507. The van der Waals surface area contributed by atoms with E-state index < -0.39 is 6.10 Å². The van der Waals surface area contributed by atoms with Gasteiger partial charge in [-0.15, -0.1) is 11.3 Å². The number of rotatable bonds is 2. The predicted molar refractivity (Wildman–Crippen MR) is 81.6 cm³/mol. The van der Waals surface area contributed by atoms with Crippen LogP contribution in [0.4, 0.5) is 0 Å². The number of carbonyl (C=O) groups excluding carboxylic acids is 2. The van der Waals surface area contributed by atoms with E-state index in [4.69, 9.17) is 0 Å². The highest BCUT2D eigenvalue weighted by Crippen LogP contribution is 2.20. The summed E-state index contributed by atoms with van der Waals surface area (Å²) in [5, 5.41) is 12.0. The van der Waals surface area contributed by atoms with Gasteiger partial charge in [0.15, 0.2) is 0 Å². The molecular weight excluding hydrogens is 304 g/mol. The normalized spacial score (nSPS) is 26.5. The van der Waals surface area contributed by atoms with E-state index in [9.17, 15) is 14.7 Å². The van der Waals surface area contributed by atoms with Crippen molar-refractivity contribution in [3.05, 3.63) is 16.6 Å². The largest absolute Gasteiger partial charge is 0.390 e. The third-order valence-electron chi connectivity index (χ3n) is 4.43. The summed E-state index contributed by atoms with van der Waals surface area (Å²) in [7, 11) is 0. The summed E-state index contributed by atoms with van der Waals surface area (Å²) in [4.78, 5) is 33.4. The molecule has 2 aliphatic rings. The number of likely N-dealkylation sites (tertiary alicyclic amines) is 1. The molecule has 3 rings (SSSR count). The van der Waals surface area contributed by atoms with Crippen molar-refractivity contribution in [3.8, 4) is 0 Å². The molecule has 2 aliphatic heterocycles. The monoisotopic (exact) mass is 324 g/mol. The first-order valence-electron chi connectivity index (χ1n) is 7.41.